The zero-order valence-corrected chi connectivity index (χ0v) is 13.4. The summed E-state index contributed by atoms with van der Waals surface area (Å²) in [6.07, 6.45) is 7.84. The van der Waals surface area contributed by atoms with Gasteiger partial charge in [0.25, 0.3) is 0 Å². The Bertz CT molecular complexity index is 398. The lowest BCUT2D eigenvalue weighted by atomic mass is 10.1. The molecule has 1 aliphatic rings. The second-order valence-electron chi connectivity index (χ2n) is 5.72. The molecule has 1 saturated heterocycles. The van der Waals surface area contributed by atoms with E-state index in [0.717, 1.165) is 31.2 Å². The first-order chi connectivity index (χ1) is 9.81. The highest BCUT2D eigenvalue weighted by molar-refractivity contribution is 6.33. The predicted octanol–water partition coefficient (Wildman–Crippen LogP) is 4.61. The summed E-state index contributed by atoms with van der Waals surface area (Å²) < 4.78 is 0. The van der Waals surface area contributed by atoms with Crippen LogP contribution in [0.3, 0.4) is 0 Å². The van der Waals surface area contributed by atoms with Gasteiger partial charge >= 0.3 is 0 Å². The van der Waals surface area contributed by atoms with Crippen LogP contribution >= 0.6 is 11.6 Å². The van der Waals surface area contributed by atoms with Crippen LogP contribution in [0, 0.1) is 0 Å². The first-order valence-corrected chi connectivity index (χ1v) is 8.43. The van der Waals surface area contributed by atoms with Crippen LogP contribution in [-0.4, -0.2) is 19.6 Å². The molecule has 20 heavy (non-hydrogen) atoms. The summed E-state index contributed by atoms with van der Waals surface area (Å²) in [5.74, 6) is 0. The van der Waals surface area contributed by atoms with Crippen LogP contribution in [0.1, 0.15) is 51.0 Å². The van der Waals surface area contributed by atoms with E-state index in [1.807, 2.05) is 0 Å². The van der Waals surface area contributed by atoms with E-state index in [1.54, 1.807) is 0 Å². The molecule has 0 unspecified atom stereocenters. The summed E-state index contributed by atoms with van der Waals surface area (Å²) in [7, 11) is 0. The highest BCUT2D eigenvalue weighted by Gasteiger charge is 2.12. The number of halogens is 1. The van der Waals surface area contributed by atoms with Crippen molar-refractivity contribution in [1.29, 1.82) is 0 Å². The van der Waals surface area contributed by atoms with Gasteiger partial charge in [0.15, 0.2) is 0 Å². The molecule has 0 aromatic heterocycles. The van der Waals surface area contributed by atoms with Gasteiger partial charge in [0, 0.05) is 19.6 Å². The lowest BCUT2D eigenvalue weighted by molar-refractivity contribution is 0.556. The Morgan fingerprint density at radius 1 is 1.10 bits per heavy atom. The second kappa shape index (κ2) is 8.53. The molecule has 0 radical (unpaired) electrons. The maximum atomic E-state index is 6.50. The van der Waals surface area contributed by atoms with Gasteiger partial charge in [-0.3, -0.25) is 0 Å². The summed E-state index contributed by atoms with van der Waals surface area (Å²) in [6.45, 7) is 6.45. The fraction of sp³-hybridized carbons (Fsp3) is 0.647. The van der Waals surface area contributed by atoms with E-state index in [0.29, 0.717) is 0 Å². The standard InChI is InChI=1S/C17H27ClN2/c1-2-10-19-14-15-8-9-17(16(18)13-15)20-11-6-4-3-5-7-12-20/h8-9,13,19H,2-7,10-12,14H2,1H3. The van der Waals surface area contributed by atoms with Gasteiger partial charge in [0.2, 0.25) is 0 Å². The Labute approximate surface area is 128 Å². The van der Waals surface area contributed by atoms with Crippen LogP contribution in [0.5, 0.6) is 0 Å². The van der Waals surface area contributed by atoms with Crippen molar-refractivity contribution in [1.82, 2.24) is 5.32 Å². The van der Waals surface area contributed by atoms with Crippen molar-refractivity contribution in [3.63, 3.8) is 0 Å². The average molecular weight is 295 g/mol. The van der Waals surface area contributed by atoms with Crippen LogP contribution in [0.2, 0.25) is 5.02 Å². The number of anilines is 1. The van der Waals surface area contributed by atoms with Crippen LogP contribution in [0.15, 0.2) is 18.2 Å². The quantitative estimate of drug-likeness (QED) is 0.798. The summed E-state index contributed by atoms with van der Waals surface area (Å²) in [4.78, 5) is 2.46. The normalized spacial score (nSPS) is 16.8. The van der Waals surface area contributed by atoms with Gasteiger partial charge < -0.3 is 10.2 Å². The molecule has 0 spiro atoms. The minimum Gasteiger partial charge on any atom is -0.370 e. The Kier molecular flexibility index (Phi) is 6.68. The molecule has 1 fully saturated rings. The van der Waals surface area contributed by atoms with Crippen molar-refractivity contribution in [2.45, 2.75) is 52.0 Å². The van der Waals surface area contributed by atoms with E-state index in [-0.39, 0.29) is 0 Å². The van der Waals surface area contributed by atoms with E-state index in [2.05, 4.69) is 35.3 Å². The SMILES string of the molecule is CCCNCc1ccc(N2CCCCCCC2)c(Cl)c1. The molecule has 2 nitrogen and oxygen atoms in total. The fourth-order valence-corrected chi connectivity index (χ4v) is 3.14. The van der Waals surface area contributed by atoms with E-state index in [9.17, 15) is 0 Å². The Balaban J connectivity index is 2.00. The minimum absolute atomic E-state index is 0.904. The average Bonchev–Trinajstić information content (AvgIpc) is 2.40. The first-order valence-electron chi connectivity index (χ1n) is 8.05. The van der Waals surface area contributed by atoms with Crippen LogP contribution in [0.25, 0.3) is 0 Å². The zero-order chi connectivity index (χ0) is 14.2. The highest BCUT2D eigenvalue weighted by Crippen LogP contribution is 2.28. The molecule has 0 bridgehead atoms. The molecule has 1 aromatic carbocycles. The van der Waals surface area contributed by atoms with Gasteiger partial charge in [-0.15, -0.1) is 0 Å². The molecule has 2 rings (SSSR count). The van der Waals surface area contributed by atoms with Crippen molar-refractivity contribution < 1.29 is 0 Å². The fourth-order valence-electron chi connectivity index (χ4n) is 2.81. The molecule has 0 aliphatic carbocycles. The van der Waals surface area contributed by atoms with Crippen molar-refractivity contribution >= 4 is 17.3 Å². The third kappa shape index (κ3) is 4.68. The van der Waals surface area contributed by atoms with Gasteiger partial charge in [-0.05, 0) is 43.5 Å². The molecule has 1 aromatic rings. The Morgan fingerprint density at radius 2 is 1.80 bits per heavy atom. The number of benzene rings is 1. The lowest BCUT2D eigenvalue weighted by Gasteiger charge is -2.28. The number of rotatable bonds is 5. The Morgan fingerprint density at radius 3 is 2.45 bits per heavy atom. The summed E-state index contributed by atoms with van der Waals surface area (Å²) >= 11 is 6.50. The molecule has 3 heteroatoms. The molecule has 0 amide bonds. The van der Waals surface area contributed by atoms with Crippen LogP contribution < -0.4 is 10.2 Å². The van der Waals surface area contributed by atoms with Crippen molar-refractivity contribution in [2.75, 3.05) is 24.5 Å². The molecule has 112 valence electrons. The second-order valence-corrected chi connectivity index (χ2v) is 6.12. The minimum atomic E-state index is 0.904. The van der Waals surface area contributed by atoms with Gasteiger partial charge in [-0.2, -0.15) is 0 Å². The smallest absolute Gasteiger partial charge is 0.0642 e. The third-order valence-corrected chi connectivity index (χ3v) is 4.27. The van der Waals surface area contributed by atoms with Crippen molar-refractivity contribution in [2.24, 2.45) is 0 Å². The van der Waals surface area contributed by atoms with Gasteiger partial charge in [-0.1, -0.05) is 43.9 Å². The van der Waals surface area contributed by atoms with E-state index >= 15 is 0 Å². The molecular formula is C17H27ClN2. The Hall–Kier alpha value is -0.730. The molecule has 0 atom stereocenters. The van der Waals surface area contributed by atoms with E-state index in [4.69, 9.17) is 11.6 Å². The topological polar surface area (TPSA) is 15.3 Å². The highest BCUT2D eigenvalue weighted by atomic mass is 35.5. The zero-order valence-electron chi connectivity index (χ0n) is 12.6. The molecule has 1 aliphatic heterocycles. The first kappa shape index (κ1) is 15.7. The summed E-state index contributed by atoms with van der Waals surface area (Å²) in [5, 5.41) is 4.33. The molecular weight excluding hydrogens is 268 g/mol. The largest absolute Gasteiger partial charge is 0.370 e. The van der Waals surface area contributed by atoms with Gasteiger partial charge in [-0.25, -0.2) is 0 Å². The number of nitrogens with zero attached hydrogens (tertiary/aromatic N) is 1. The van der Waals surface area contributed by atoms with E-state index in [1.165, 1.54) is 49.8 Å². The maximum Gasteiger partial charge on any atom is 0.0642 e. The molecule has 0 saturated carbocycles. The lowest BCUT2D eigenvalue weighted by Crippen LogP contribution is -2.27. The predicted molar refractivity (Wildman–Crippen MR) is 88.7 cm³/mol. The van der Waals surface area contributed by atoms with Gasteiger partial charge in [0.1, 0.15) is 0 Å². The third-order valence-electron chi connectivity index (χ3n) is 3.96. The van der Waals surface area contributed by atoms with Crippen LogP contribution in [-0.2, 0) is 6.54 Å². The van der Waals surface area contributed by atoms with Gasteiger partial charge in [0.05, 0.1) is 10.7 Å². The maximum absolute atomic E-state index is 6.50. The number of hydrogen-bond donors (Lipinski definition) is 1. The van der Waals surface area contributed by atoms with Crippen LogP contribution in [0.4, 0.5) is 5.69 Å². The summed E-state index contributed by atoms with van der Waals surface area (Å²) in [6, 6.07) is 6.54. The van der Waals surface area contributed by atoms with Crippen molar-refractivity contribution in [3.8, 4) is 0 Å². The molecule has 1 N–H and O–H groups in total. The monoisotopic (exact) mass is 294 g/mol. The molecule has 1 heterocycles. The van der Waals surface area contributed by atoms with Crippen molar-refractivity contribution in [3.05, 3.63) is 28.8 Å². The van der Waals surface area contributed by atoms with E-state index < -0.39 is 0 Å². The number of nitrogens with one attached hydrogen (secondary N) is 1. The summed E-state index contributed by atoms with van der Waals surface area (Å²) in [5.41, 5.74) is 2.49. The number of hydrogen-bond acceptors (Lipinski definition) is 2.